The van der Waals surface area contributed by atoms with Gasteiger partial charge >= 0.3 is 5.97 Å². The quantitative estimate of drug-likeness (QED) is 0.359. The molecule has 0 heterocycles. The lowest BCUT2D eigenvalue weighted by molar-refractivity contribution is -0.139. The van der Waals surface area contributed by atoms with E-state index in [2.05, 4.69) is 16.7 Å². The maximum atomic E-state index is 10.9. The molecule has 0 bridgehead atoms. The molecule has 3 nitrogen and oxygen atoms in total. The number of methoxy groups -OCH3 is 1. The van der Waals surface area contributed by atoms with Crippen molar-refractivity contribution in [1.29, 1.82) is 0 Å². The van der Waals surface area contributed by atoms with Gasteiger partial charge in [-0.25, -0.2) is 0 Å². The third kappa shape index (κ3) is 7.77. The molecule has 0 fully saturated rings. The van der Waals surface area contributed by atoms with Gasteiger partial charge in [-0.1, -0.05) is 26.2 Å². The Morgan fingerprint density at radius 2 is 2.00 bits per heavy atom. The van der Waals surface area contributed by atoms with Crippen LogP contribution in [0.2, 0.25) is 0 Å². The van der Waals surface area contributed by atoms with Gasteiger partial charge in [-0.3, -0.25) is 9.79 Å². The third-order valence-electron chi connectivity index (χ3n) is 2.02. The molecule has 14 heavy (non-hydrogen) atoms. The standard InChI is InChI=1S/C11H21NO2/c1-4-5-6-7-8-12-10(2)9-11(13)14-3/h4-9H2,1-3H3. The molecule has 0 amide bonds. The zero-order chi connectivity index (χ0) is 10.8. The molecule has 3 heteroatoms. The van der Waals surface area contributed by atoms with Crippen LogP contribution in [0, 0.1) is 0 Å². The van der Waals surface area contributed by atoms with E-state index in [0.29, 0.717) is 6.42 Å². The molecule has 82 valence electrons. The van der Waals surface area contributed by atoms with Gasteiger partial charge in [0.1, 0.15) is 0 Å². The van der Waals surface area contributed by atoms with Crippen LogP contribution >= 0.6 is 0 Å². The van der Waals surface area contributed by atoms with Gasteiger partial charge in [0.25, 0.3) is 0 Å². The van der Waals surface area contributed by atoms with Crippen LogP contribution < -0.4 is 0 Å². The predicted octanol–water partition coefficient (Wildman–Crippen LogP) is 2.59. The summed E-state index contributed by atoms with van der Waals surface area (Å²) in [4.78, 5) is 15.2. The van der Waals surface area contributed by atoms with Crippen LogP contribution in [0.1, 0.15) is 46.0 Å². The highest BCUT2D eigenvalue weighted by Gasteiger charge is 2.01. The fraction of sp³-hybridized carbons (Fsp3) is 0.818. The zero-order valence-corrected chi connectivity index (χ0v) is 9.51. The normalized spacial score (nSPS) is 11.5. The van der Waals surface area contributed by atoms with Crippen molar-refractivity contribution in [3.63, 3.8) is 0 Å². The Morgan fingerprint density at radius 1 is 1.29 bits per heavy atom. The fourth-order valence-corrected chi connectivity index (χ4v) is 1.15. The Kier molecular flexibility index (Phi) is 8.19. The number of hydrogen-bond donors (Lipinski definition) is 0. The molecule has 0 spiro atoms. The van der Waals surface area contributed by atoms with Gasteiger partial charge in [0.05, 0.1) is 13.5 Å². The van der Waals surface area contributed by atoms with Gasteiger partial charge in [0, 0.05) is 12.3 Å². The minimum atomic E-state index is -0.209. The molecule has 0 aromatic rings. The monoisotopic (exact) mass is 199 g/mol. The first kappa shape index (κ1) is 13.1. The number of nitrogens with zero attached hydrogens (tertiary/aromatic N) is 1. The molecule has 0 rings (SSSR count). The fourth-order valence-electron chi connectivity index (χ4n) is 1.15. The Morgan fingerprint density at radius 3 is 2.57 bits per heavy atom. The molecule has 0 aliphatic rings. The summed E-state index contributed by atoms with van der Waals surface area (Å²) in [7, 11) is 1.40. The molecule has 0 radical (unpaired) electrons. The van der Waals surface area contributed by atoms with E-state index in [4.69, 9.17) is 0 Å². The van der Waals surface area contributed by atoms with Crippen molar-refractivity contribution >= 4 is 11.7 Å². The second-order valence-corrected chi connectivity index (χ2v) is 3.43. The summed E-state index contributed by atoms with van der Waals surface area (Å²) in [5, 5.41) is 0. The van der Waals surface area contributed by atoms with Crippen LogP contribution in [-0.2, 0) is 9.53 Å². The smallest absolute Gasteiger partial charge is 0.311 e. The van der Waals surface area contributed by atoms with E-state index in [-0.39, 0.29) is 5.97 Å². The molecule has 0 atom stereocenters. The van der Waals surface area contributed by atoms with Crippen molar-refractivity contribution in [2.45, 2.75) is 46.0 Å². The largest absolute Gasteiger partial charge is 0.469 e. The Balaban J connectivity index is 3.51. The van der Waals surface area contributed by atoms with Crippen molar-refractivity contribution in [3.8, 4) is 0 Å². The number of aliphatic imine (C=N–C) groups is 1. The summed E-state index contributed by atoms with van der Waals surface area (Å²) in [5.41, 5.74) is 0.869. The SMILES string of the molecule is CCCCCCN=C(C)CC(=O)OC. The van der Waals surface area contributed by atoms with Crippen molar-refractivity contribution in [2.75, 3.05) is 13.7 Å². The highest BCUT2D eigenvalue weighted by molar-refractivity contribution is 5.97. The van der Waals surface area contributed by atoms with Crippen molar-refractivity contribution in [2.24, 2.45) is 4.99 Å². The average Bonchev–Trinajstić information content (AvgIpc) is 2.17. The van der Waals surface area contributed by atoms with Crippen LogP contribution in [0.5, 0.6) is 0 Å². The number of ether oxygens (including phenoxy) is 1. The van der Waals surface area contributed by atoms with Gasteiger partial charge in [-0.2, -0.15) is 0 Å². The van der Waals surface area contributed by atoms with Crippen molar-refractivity contribution in [3.05, 3.63) is 0 Å². The summed E-state index contributed by atoms with van der Waals surface area (Å²) in [6.45, 7) is 4.89. The number of carbonyl (C=O) groups excluding carboxylic acids is 1. The second-order valence-electron chi connectivity index (χ2n) is 3.43. The first-order chi connectivity index (χ1) is 6.70. The van der Waals surface area contributed by atoms with E-state index >= 15 is 0 Å². The molecule has 0 saturated heterocycles. The van der Waals surface area contributed by atoms with Crippen LogP contribution in [0.4, 0.5) is 0 Å². The summed E-state index contributed by atoms with van der Waals surface area (Å²) in [5.74, 6) is -0.209. The maximum Gasteiger partial charge on any atom is 0.311 e. The van der Waals surface area contributed by atoms with Gasteiger partial charge in [-0.05, 0) is 13.3 Å². The first-order valence-corrected chi connectivity index (χ1v) is 5.27. The molecular weight excluding hydrogens is 178 g/mol. The molecule has 0 aliphatic heterocycles. The number of hydrogen-bond acceptors (Lipinski definition) is 3. The minimum Gasteiger partial charge on any atom is -0.469 e. The van der Waals surface area contributed by atoms with Crippen LogP contribution in [0.25, 0.3) is 0 Å². The second kappa shape index (κ2) is 8.73. The number of unbranched alkanes of at least 4 members (excludes halogenated alkanes) is 3. The van der Waals surface area contributed by atoms with Crippen molar-refractivity contribution < 1.29 is 9.53 Å². The Hall–Kier alpha value is -0.860. The Labute approximate surface area is 86.6 Å². The number of esters is 1. The summed E-state index contributed by atoms with van der Waals surface area (Å²) in [6.07, 6.45) is 5.18. The minimum absolute atomic E-state index is 0.209. The third-order valence-corrected chi connectivity index (χ3v) is 2.02. The predicted molar refractivity (Wildman–Crippen MR) is 58.8 cm³/mol. The summed E-state index contributed by atoms with van der Waals surface area (Å²) < 4.78 is 4.55. The van der Waals surface area contributed by atoms with Crippen LogP contribution in [0.3, 0.4) is 0 Å². The van der Waals surface area contributed by atoms with Gasteiger partial charge in [-0.15, -0.1) is 0 Å². The van der Waals surface area contributed by atoms with Gasteiger partial charge in [0.2, 0.25) is 0 Å². The highest BCUT2D eigenvalue weighted by atomic mass is 16.5. The lowest BCUT2D eigenvalue weighted by Crippen LogP contribution is -2.06. The lowest BCUT2D eigenvalue weighted by Gasteiger charge is -1.99. The van der Waals surface area contributed by atoms with Crippen molar-refractivity contribution in [1.82, 2.24) is 0 Å². The topological polar surface area (TPSA) is 38.7 Å². The molecule has 0 unspecified atom stereocenters. The summed E-state index contributed by atoms with van der Waals surface area (Å²) >= 11 is 0. The van der Waals surface area contributed by atoms with E-state index in [1.807, 2.05) is 6.92 Å². The van der Waals surface area contributed by atoms with E-state index in [1.165, 1.54) is 26.4 Å². The van der Waals surface area contributed by atoms with E-state index < -0.39 is 0 Å². The van der Waals surface area contributed by atoms with Gasteiger partial charge < -0.3 is 4.74 Å². The molecular formula is C11H21NO2. The molecule has 0 aromatic carbocycles. The number of rotatable bonds is 7. The Bertz CT molecular complexity index is 188. The van der Waals surface area contributed by atoms with Gasteiger partial charge in [0.15, 0.2) is 0 Å². The van der Waals surface area contributed by atoms with E-state index in [0.717, 1.165) is 18.7 Å². The van der Waals surface area contributed by atoms with Crippen LogP contribution in [-0.4, -0.2) is 25.3 Å². The van der Waals surface area contributed by atoms with Crippen LogP contribution in [0.15, 0.2) is 4.99 Å². The highest BCUT2D eigenvalue weighted by Crippen LogP contribution is 1.99. The lowest BCUT2D eigenvalue weighted by atomic mass is 10.2. The molecule has 0 aliphatic carbocycles. The zero-order valence-electron chi connectivity index (χ0n) is 9.51. The molecule has 0 N–H and O–H groups in total. The molecule has 0 saturated carbocycles. The van der Waals surface area contributed by atoms with E-state index in [1.54, 1.807) is 0 Å². The number of carbonyl (C=O) groups is 1. The average molecular weight is 199 g/mol. The first-order valence-electron chi connectivity index (χ1n) is 5.27. The molecule has 0 aromatic heterocycles. The maximum absolute atomic E-state index is 10.9. The summed E-state index contributed by atoms with van der Waals surface area (Å²) in [6, 6.07) is 0. The van der Waals surface area contributed by atoms with E-state index in [9.17, 15) is 4.79 Å².